The fraction of sp³-hybridized carbons (Fsp3) is 0.538. The number of rotatable bonds is 5. The standard InChI is InChI=1S/C13H20FNO2.ClH/c1-5-8(2)13(15)9-6-11(16-3)12(17-4)7-10(9)14;/h6-8,13H,5,15H2,1-4H3;1H/t8?,13-;/m0./s1. The molecule has 0 aliphatic heterocycles. The van der Waals surface area contributed by atoms with Crippen molar-refractivity contribution in [3.63, 3.8) is 0 Å². The number of nitrogens with two attached hydrogens (primary N) is 1. The molecule has 18 heavy (non-hydrogen) atoms. The van der Waals surface area contributed by atoms with E-state index in [0.717, 1.165) is 6.42 Å². The first-order chi connectivity index (χ1) is 8.04. The highest BCUT2D eigenvalue weighted by Gasteiger charge is 2.20. The van der Waals surface area contributed by atoms with Gasteiger partial charge in [0, 0.05) is 17.7 Å². The summed E-state index contributed by atoms with van der Waals surface area (Å²) in [5.41, 5.74) is 6.50. The Balaban J connectivity index is 0.00000289. The number of benzene rings is 1. The van der Waals surface area contributed by atoms with Gasteiger partial charge < -0.3 is 15.2 Å². The summed E-state index contributed by atoms with van der Waals surface area (Å²) < 4.78 is 24.1. The Bertz CT molecular complexity index is 387. The van der Waals surface area contributed by atoms with Crippen LogP contribution in [0, 0.1) is 11.7 Å². The molecule has 0 bridgehead atoms. The summed E-state index contributed by atoms with van der Waals surface area (Å²) in [5, 5.41) is 0. The quantitative estimate of drug-likeness (QED) is 0.898. The Labute approximate surface area is 114 Å². The molecular weight excluding hydrogens is 257 g/mol. The average molecular weight is 278 g/mol. The largest absolute Gasteiger partial charge is 0.493 e. The Morgan fingerprint density at radius 3 is 2.17 bits per heavy atom. The molecule has 5 heteroatoms. The molecule has 1 aromatic carbocycles. The molecule has 0 amide bonds. The number of methoxy groups -OCH3 is 2. The van der Waals surface area contributed by atoms with E-state index >= 15 is 0 Å². The van der Waals surface area contributed by atoms with Gasteiger partial charge in [-0.2, -0.15) is 0 Å². The molecule has 2 atom stereocenters. The lowest BCUT2D eigenvalue weighted by Crippen LogP contribution is -2.20. The number of halogens is 2. The Morgan fingerprint density at radius 1 is 1.22 bits per heavy atom. The topological polar surface area (TPSA) is 44.5 Å². The van der Waals surface area contributed by atoms with Crippen LogP contribution in [0.5, 0.6) is 11.5 Å². The fourth-order valence-electron chi connectivity index (χ4n) is 1.69. The van der Waals surface area contributed by atoms with Crippen LogP contribution in [0.4, 0.5) is 4.39 Å². The van der Waals surface area contributed by atoms with E-state index in [0.29, 0.717) is 17.1 Å². The third kappa shape index (κ3) is 3.50. The summed E-state index contributed by atoms with van der Waals surface area (Å²) >= 11 is 0. The van der Waals surface area contributed by atoms with Crippen LogP contribution >= 0.6 is 12.4 Å². The van der Waals surface area contributed by atoms with Gasteiger partial charge in [0.2, 0.25) is 0 Å². The Hall–Kier alpha value is -1.00. The van der Waals surface area contributed by atoms with Crippen molar-refractivity contribution in [1.82, 2.24) is 0 Å². The third-order valence-electron chi connectivity index (χ3n) is 3.12. The summed E-state index contributed by atoms with van der Waals surface area (Å²) in [6.07, 6.45) is 0.898. The minimum absolute atomic E-state index is 0. The van der Waals surface area contributed by atoms with Gasteiger partial charge in [-0.1, -0.05) is 20.3 Å². The highest BCUT2D eigenvalue weighted by atomic mass is 35.5. The lowest BCUT2D eigenvalue weighted by atomic mass is 9.93. The lowest BCUT2D eigenvalue weighted by Gasteiger charge is -2.20. The van der Waals surface area contributed by atoms with Gasteiger partial charge in [0.15, 0.2) is 11.5 Å². The number of hydrogen-bond acceptors (Lipinski definition) is 3. The smallest absolute Gasteiger partial charge is 0.163 e. The predicted molar refractivity (Wildman–Crippen MR) is 73.1 cm³/mol. The predicted octanol–water partition coefficient (Wildman–Crippen LogP) is 3.31. The van der Waals surface area contributed by atoms with Gasteiger partial charge >= 0.3 is 0 Å². The van der Waals surface area contributed by atoms with Crippen LogP contribution in [0.25, 0.3) is 0 Å². The van der Waals surface area contributed by atoms with Crippen molar-refractivity contribution < 1.29 is 13.9 Å². The Kier molecular flexibility index (Phi) is 7.02. The molecule has 0 saturated heterocycles. The van der Waals surface area contributed by atoms with Crippen LogP contribution in [-0.2, 0) is 0 Å². The monoisotopic (exact) mass is 277 g/mol. The summed E-state index contributed by atoms with van der Waals surface area (Å²) in [5.74, 6) is 0.741. The van der Waals surface area contributed by atoms with E-state index in [-0.39, 0.29) is 30.2 Å². The third-order valence-corrected chi connectivity index (χ3v) is 3.12. The Morgan fingerprint density at radius 2 is 1.72 bits per heavy atom. The molecule has 0 aromatic heterocycles. The molecule has 104 valence electrons. The first-order valence-electron chi connectivity index (χ1n) is 5.72. The van der Waals surface area contributed by atoms with Crippen LogP contribution in [0.1, 0.15) is 31.9 Å². The summed E-state index contributed by atoms with van der Waals surface area (Å²) in [7, 11) is 3.00. The van der Waals surface area contributed by atoms with Gasteiger partial charge in [-0.3, -0.25) is 0 Å². The first-order valence-corrected chi connectivity index (χ1v) is 5.72. The molecule has 0 fully saturated rings. The van der Waals surface area contributed by atoms with Gasteiger partial charge in [-0.05, 0) is 12.0 Å². The van der Waals surface area contributed by atoms with E-state index < -0.39 is 0 Å². The molecule has 0 radical (unpaired) electrons. The van der Waals surface area contributed by atoms with Crippen LogP contribution in [0.3, 0.4) is 0 Å². The maximum atomic E-state index is 13.9. The molecule has 2 N–H and O–H groups in total. The minimum Gasteiger partial charge on any atom is -0.493 e. The second-order valence-corrected chi connectivity index (χ2v) is 4.14. The highest BCUT2D eigenvalue weighted by Crippen LogP contribution is 2.34. The van der Waals surface area contributed by atoms with Gasteiger partial charge in [0.25, 0.3) is 0 Å². The van der Waals surface area contributed by atoms with E-state index in [2.05, 4.69) is 0 Å². The van der Waals surface area contributed by atoms with Gasteiger partial charge in [-0.15, -0.1) is 12.4 Å². The van der Waals surface area contributed by atoms with Gasteiger partial charge in [0.05, 0.1) is 14.2 Å². The fourth-order valence-corrected chi connectivity index (χ4v) is 1.69. The number of hydrogen-bond donors (Lipinski definition) is 1. The molecule has 0 heterocycles. The van der Waals surface area contributed by atoms with Crippen LogP contribution in [-0.4, -0.2) is 14.2 Å². The maximum Gasteiger partial charge on any atom is 0.163 e. The average Bonchev–Trinajstić information content (AvgIpc) is 2.36. The lowest BCUT2D eigenvalue weighted by molar-refractivity contribution is 0.349. The molecule has 3 nitrogen and oxygen atoms in total. The van der Waals surface area contributed by atoms with Crippen LogP contribution in [0.15, 0.2) is 12.1 Å². The zero-order chi connectivity index (χ0) is 13.0. The zero-order valence-corrected chi connectivity index (χ0v) is 12.0. The maximum absolute atomic E-state index is 13.9. The van der Waals surface area contributed by atoms with Gasteiger partial charge in [-0.25, -0.2) is 4.39 Å². The highest BCUT2D eigenvalue weighted by molar-refractivity contribution is 5.85. The van der Waals surface area contributed by atoms with Gasteiger partial charge in [0.1, 0.15) is 5.82 Å². The van der Waals surface area contributed by atoms with Crippen LogP contribution in [0.2, 0.25) is 0 Å². The van der Waals surface area contributed by atoms with Crippen molar-refractivity contribution in [1.29, 1.82) is 0 Å². The summed E-state index contributed by atoms with van der Waals surface area (Å²) in [6, 6.07) is 2.60. The van der Waals surface area contributed by atoms with Crippen molar-refractivity contribution in [3.05, 3.63) is 23.5 Å². The summed E-state index contributed by atoms with van der Waals surface area (Å²) in [6.45, 7) is 4.03. The first kappa shape index (κ1) is 17.0. The molecule has 1 aromatic rings. The van der Waals surface area contributed by atoms with Crippen molar-refractivity contribution >= 4 is 12.4 Å². The SMILES string of the molecule is CCC(C)[C@H](N)c1cc(OC)c(OC)cc1F.Cl. The molecule has 0 aliphatic rings. The second-order valence-electron chi connectivity index (χ2n) is 4.14. The van der Waals surface area contributed by atoms with Crippen molar-refractivity contribution in [2.24, 2.45) is 11.7 Å². The van der Waals surface area contributed by atoms with E-state index in [9.17, 15) is 4.39 Å². The molecular formula is C13H21ClFNO2. The van der Waals surface area contributed by atoms with Crippen LogP contribution < -0.4 is 15.2 Å². The van der Waals surface area contributed by atoms with E-state index in [1.165, 1.54) is 20.3 Å². The second kappa shape index (κ2) is 7.44. The molecule has 1 unspecified atom stereocenters. The minimum atomic E-state index is -0.351. The number of ether oxygens (including phenoxy) is 2. The van der Waals surface area contributed by atoms with E-state index in [1.807, 2.05) is 13.8 Å². The normalized spacial score (nSPS) is 13.4. The van der Waals surface area contributed by atoms with E-state index in [1.54, 1.807) is 6.07 Å². The van der Waals surface area contributed by atoms with E-state index in [4.69, 9.17) is 15.2 Å². The molecule has 0 aliphatic carbocycles. The van der Waals surface area contributed by atoms with Crippen molar-refractivity contribution in [2.45, 2.75) is 26.3 Å². The molecule has 0 saturated carbocycles. The van der Waals surface area contributed by atoms with Crippen molar-refractivity contribution in [3.8, 4) is 11.5 Å². The summed E-state index contributed by atoms with van der Waals surface area (Å²) in [4.78, 5) is 0. The molecule has 0 spiro atoms. The zero-order valence-electron chi connectivity index (χ0n) is 11.2. The van der Waals surface area contributed by atoms with Crippen molar-refractivity contribution in [2.75, 3.05) is 14.2 Å². The molecule has 1 rings (SSSR count).